The number of amides is 2. The third-order valence-electron chi connectivity index (χ3n) is 5.63. The van der Waals surface area contributed by atoms with Crippen LogP contribution in [-0.4, -0.2) is 58.0 Å². The van der Waals surface area contributed by atoms with Gasteiger partial charge in [0.1, 0.15) is 0 Å². The fourth-order valence-corrected chi connectivity index (χ4v) is 4.26. The van der Waals surface area contributed by atoms with E-state index >= 15 is 0 Å². The molecule has 2 saturated heterocycles. The van der Waals surface area contributed by atoms with Gasteiger partial charge in [0, 0.05) is 32.1 Å². The van der Waals surface area contributed by atoms with E-state index in [1.165, 1.54) is 6.42 Å². The Hall–Kier alpha value is -1.10. The summed E-state index contributed by atoms with van der Waals surface area (Å²) in [6, 6.07) is 0.316. The third kappa shape index (κ3) is 3.45. The molecule has 0 bridgehead atoms. The molecule has 0 unspecified atom stereocenters. The minimum Gasteiger partial charge on any atom is -0.389 e. The molecule has 0 aromatic carbocycles. The summed E-state index contributed by atoms with van der Waals surface area (Å²) in [6.07, 6.45) is 8.47. The second kappa shape index (κ2) is 6.57. The van der Waals surface area contributed by atoms with Gasteiger partial charge in [-0.15, -0.1) is 0 Å². The zero-order valence-corrected chi connectivity index (χ0v) is 13.4. The zero-order valence-electron chi connectivity index (χ0n) is 13.4. The molecule has 0 atom stereocenters. The molecule has 5 heteroatoms. The number of hydrogen-bond donors (Lipinski definition) is 1. The quantitative estimate of drug-likeness (QED) is 0.863. The van der Waals surface area contributed by atoms with Crippen molar-refractivity contribution in [3.05, 3.63) is 0 Å². The number of carbonyl (C=O) groups is 2. The number of nitrogens with zero attached hydrogens (tertiary/aromatic N) is 2. The number of likely N-dealkylation sites (tertiary alicyclic amines) is 2. The summed E-state index contributed by atoms with van der Waals surface area (Å²) in [5, 5.41) is 10.5. The minimum atomic E-state index is -0.767. The molecule has 2 heterocycles. The van der Waals surface area contributed by atoms with Crippen molar-refractivity contribution in [1.82, 2.24) is 9.80 Å². The van der Waals surface area contributed by atoms with Crippen LogP contribution < -0.4 is 0 Å². The Labute approximate surface area is 132 Å². The Bertz CT molecular complexity index is 424. The monoisotopic (exact) mass is 308 g/mol. The van der Waals surface area contributed by atoms with Crippen molar-refractivity contribution in [3.8, 4) is 0 Å². The second-order valence-electron chi connectivity index (χ2n) is 7.26. The Balaban J connectivity index is 1.48. The van der Waals surface area contributed by atoms with Gasteiger partial charge in [-0.1, -0.05) is 19.3 Å². The molecule has 3 rings (SSSR count). The van der Waals surface area contributed by atoms with Crippen LogP contribution in [0.1, 0.15) is 64.2 Å². The third-order valence-corrected chi connectivity index (χ3v) is 5.63. The molecule has 3 fully saturated rings. The Morgan fingerprint density at radius 3 is 2.36 bits per heavy atom. The van der Waals surface area contributed by atoms with Gasteiger partial charge in [-0.2, -0.15) is 0 Å². The number of piperidine rings is 1. The molecule has 1 saturated carbocycles. The summed E-state index contributed by atoms with van der Waals surface area (Å²) < 4.78 is 0. The Kier molecular flexibility index (Phi) is 4.71. The van der Waals surface area contributed by atoms with Crippen LogP contribution in [-0.2, 0) is 9.59 Å². The van der Waals surface area contributed by atoms with Gasteiger partial charge >= 0.3 is 0 Å². The van der Waals surface area contributed by atoms with Gasteiger partial charge in [0.15, 0.2) is 0 Å². The lowest BCUT2D eigenvalue weighted by atomic mass is 9.82. The van der Waals surface area contributed by atoms with E-state index in [0.29, 0.717) is 12.5 Å². The van der Waals surface area contributed by atoms with E-state index < -0.39 is 5.60 Å². The molecule has 0 radical (unpaired) electrons. The summed E-state index contributed by atoms with van der Waals surface area (Å²) in [5.41, 5.74) is -0.767. The van der Waals surface area contributed by atoms with E-state index in [-0.39, 0.29) is 18.2 Å². The number of hydrogen-bond acceptors (Lipinski definition) is 3. The van der Waals surface area contributed by atoms with Crippen LogP contribution in [0.5, 0.6) is 0 Å². The van der Waals surface area contributed by atoms with Crippen LogP contribution in [0, 0.1) is 0 Å². The van der Waals surface area contributed by atoms with Crippen molar-refractivity contribution in [1.29, 1.82) is 0 Å². The lowest BCUT2D eigenvalue weighted by Gasteiger charge is -2.38. The first-order valence-corrected chi connectivity index (χ1v) is 8.87. The second-order valence-corrected chi connectivity index (χ2v) is 7.26. The lowest BCUT2D eigenvalue weighted by Crippen LogP contribution is -2.48. The summed E-state index contributed by atoms with van der Waals surface area (Å²) in [5.74, 6) is 0.372. The molecule has 0 aromatic heterocycles. The molecule has 1 N–H and O–H groups in total. The predicted octanol–water partition coefficient (Wildman–Crippen LogP) is 1.69. The average Bonchev–Trinajstić information content (AvgIpc) is 2.94. The van der Waals surface area contributed by atoms with E-state index in [4.69, 9.17) is 0 Å². The summed E-state index contributed by atoms with van der Waals surface area (Å²) >= 11 is 0. The van der Waals surface area contributed by atoms with Crippen molar-refractivity contribution in [2.45, 2.75) is 75.9 Å². The maximum absolute atomic E-state index is 12.4. The number of aliphatic hydroxyl groups is 1. The molecule has 3 aliphatic rings. The highest BCUT2D eigenvalue weighted by Gasteiger charge is 2.36. The minimum absolute atomic E-state index is 0.0931. The first-order valence-electron chi connectivity index (χ1n) is 8.87. The van der Waals surface area contributed by atoms with E-state index in [0.717, 1.165) is 64.6 Å². The summed E-state index contributed by atoms with van der Waals surface area (Å²) in [4.78, 5) is 28.2. The molecular formula is C17H28N2O3. The van der Waals surface area contributed by atoms with Gasteiger partial charge in [-0.3, -0.25) is 9.59 Å². The predicted molar refractivity (Wildman–Crippen MR) is 83.2 cm³/mol. The molecular weight excluding hydrogens is 280 g/mol. The van der Waals surface area contributed by atoms with Crippen molar-refractivity contribution >= 4 is 11.8 Å². The maximum atomic E-state index is 12.4. The van der Waals surface area contributed by atoms with E-state index in [2.05, 4.69) is 0 Å². The summed E-state index contributed by atoms with van der Waals surface area (Å²) in [6.45, 7) is 2.34. The molecule has 22 heavy (non-hydrogen) atoms. The highest BCUT2D eigenvalue weighted by atomic mass is 16.3. The van der Waals surface area contributed by atoms with Gasteiger partial charge in [-0.25, -0.2) is 0 Å². The van der Waals surface area contributed by atoms with E-state index in [1.54, 1.807) is 0 Å². The Morgan fingerprint density at radius 2 is 1.77 bits per heavy atom. The molecule has 0 spiro atoms. The van der Waals surface area contributed by atoms with Crippen LogP contribution >= 0.6 is 0 Å². The zero-order chi connectivity index (χ0) is 15.6. The van der Waals surface area contributed by atoms with Crippen LogP contribution in [0.2, 0.25) is 0 Å². The highest BCUT2D eigenvalue weighted by molar-refractivity contribution is 5.79. The van der Waals surface area contributed by atoms with Gasteiger partial charge in [0.05, 0.1) is 12.0 Å². The largest absolute Gasteiger partial charge is 0.389 e. The van der Waals surface area contributed by atoms with Gasteiger partial charge in [-0.05, 0) is 32.1 Å². The molecule has 1 aliphatic carbocycles. The molecule has 0 aromatic rings. The maximum Gasteiger partial charge on any atom is 0.225 e. The summed E-state index contributed by atoms with van der Waals surface area (Å²) in [7, 11) is 0. The van der Waals surface area contributed by atoms with Crippen molar-refractivity contribution in [2.75, 3.05) is 19.6 Å². The first-order chi connectivity index (χ1) is 10.6. The van der Waals surface area contributed by atoms with Crippen LogP contribution in [0.25, 0.3) is 0 Å². The van der Waals surface area contributed by atoms with Crippen molar-refractivity contribution in [2.24, 2.45) is 0 Å². The molecule has 2 amide bonds. The van der Waals surface area contributed by atoms with Crippen LogP contribution in [0.15, 0.2) is 0 Å². The average molecular weight is 308 g/mol. The van der Waals surface area contributed by atoms with Gasteiger partial charge in [0.25, 0.3) is 0 Å². The SMILES string of the molecule is O=C(CC1(O)CCCCC1)N1CCC(N2CCCC2=O)CC1. The first kappa shape index (κ1) is 15.8. The standard InChI is InChI=1S/C17H28N2O3/c20-15-5-4-10-19(15)14-6-11-18(12-7-14)16(21)13-17(22)8-2-1-3-9-17/h14,22H,1-13H2. The van der Waals surface area contributed by atoms with E-state index in [9.17, 15) is 14.7 Å². The number of rotatable bonds is 3. The highest BCUT2D eigenvalue weighted by Crippen LogP contribution is 2.32. The van der Waals surface area contributed by atoms with Gasteiger partial charge in [0.2, 0.25) is 11.8 Å². The molecule has 2 aliphatic heterocycles. The number of carbonyl (C=O) groups excluding carboxylic acids is 2. The van der Waals surface area contributed by atoms with Crippen LogP contribution in [0.3, 0.4) is 0 Å². The van der Waals surface area contributed by atoms with Gasteiger partial charge < -0.3 is 14.9 Å². The van der Waals surface area contributed by atoms with E-state index in [1.807, 2.05) is 9.80 Å². The lowest BCUT2D eigenvalue weighted by molar-refractivity contribution is -0.140. The molecule has 5 nitrogen and oxygen atoms in total. The van der Waals surface area contributed by atoms with Crippen molar-refractivity contribution < 1.29 is 14.7 Å². The normalized spacial score (nSPS) is 26.5. The molecule has 124 valence electrons. The van der Waals surface area contributed by atoms with Crippen molar-refractivity contribution in [3.63, 3.8) is 0 Å². The smallest absolute Gasteiger partial charge is 0.225 e. The Morgan fingerprint density at radius 1 is 1.09 bits per heavy atom. The fraction of sp³-hybridized carbons (Fsp3) is 0.882. The van der Waals surface area contributed by atoms with Crippen LogP contribution in [0.4, 0.5) is 0 Å². The fourth-order valence-electron chi connectivity index (χ4n) is 4.26. The topological polar surface area (TPSA) is 60.9 Å².